The van der Waals surface area contributed by atoms with Gasteiger partial charge >= 0.3 is 0 Å². The standard InChI is InChI=1S/C58H39NS/c1-3-15-41(16-4-1)49-38-33-45(39-55(49)52-25-13-20-42-19-7-8-21-48(42)52)40-29-34-46(35-30-40)59(56-27-11-9-22-50(56)43-17-5-2-6-18-43)47-36-31-44(32-37-47)51-24-14-26-54-53-23-10-12-28-57(53)60-58(51)54/h1-39H. The number of anilines is 3. The van der Waals surface area contributed by atoms with Gasteiger partial charge in [0.2, 0.25) is 0 Å². The Labute approximate surface area is 354 Å². The van der Waals surface area contributed by atoms with Crippen LogP contribution in [0.5, 0.6) is 0 Å². The molecule has 10 aromatic carbocycles. The van der Waals surface area contributed by atoms with Crippen molar-refractivity contribution in [2.24, 2.45) is 0 Å². The molecule has 0 aliphatic rings. The predicted molar refractivity (Wildman–Crippen MR) is 259 cm³/mol. The van der Waals surface area contributed by atoms with Crippen molar-refractivity contribution >= 4 is 59.3 Å². The second-order valence-electron chi connectivity index (χ2n) is 15.2. The first-order valence-electron chi connectivity index (χ1n) is 20.5. The molecule has 0 atom stereocenters. The second-order valence-corrected chi connectivity index (χ2v) is 16.3. The van der Waals surface area contributed by atoms with Gasteiger partial charge in [-0.1, -0.05) is 194 Å². The highest BCUT2D eigenvalue weighted by Crippen LogP contribution is 2.45. The van der Waals surface area contributed by atoms with Crippen molar-refractivity contribution < 1.29 is 0 Å². The number of benzene rings is 10. The third kappa shape index (κ3) is 6.44. The molecule has 1 nitrogen and oxygen atoms in total. The molecule has 11 rings (SSSR count). The molecule has 2 heteroatoms. The lowest BCUT2D eigenvalue weighted by molar-refractivity contribution is 1.28. The summed E-state index contributed by atoms with van der Waals surface area (Å²) in [6, 6.07) is 86.0. The quantitative estimate of drug-likeness (QED) is 0.148. The van der Waals surface area contributed by atoms with Gasteiger partial charge in [0.05, 0.1) is 5.69 Å². The molecule has 0 saturated carbocycles. The van der Waals surface area contributed by atoms with Crippen LogP contribution in [0.15, 0.2) is 237 Å². The summed E-state index contributed by atoms with van der Waals surface area (Å²) < 4.78 is 2.65. The average molecular weight is 782 g/mol. The molecule has 0 aliphatic carbocycles. The maximum Gasteiger partial charge on any atom is 0.0540 e. The van der Waals surface area contributed by atoms with Crippen LogP contribution in [-0.2, 0) is 0 Å². The third-order valence-corrected chi connectivity index (χ3v) is 12.9. The third-order valence-electron chi connectivity index (χ3n) is 11.7. The molecule has 1 heterocycles. The lowest BCUT2D eigenvalue weighted by Crippen LogP contribution is -2.11. The van der Waals surface area contributed by atoms with Crippen LogP contribution in [0.25, 0.3) is 86.6 Å². The van der Waals surface area contributed by atoms with Crippen molar-refractivity contribution in [3.63, 3.8) is 0 Å². The topological polar surface area (TPSA) is 3.24 Å². The van der Waals surface area contributed by atoms with Crippen molar-refractivity contribution in [1.82, 2.24) is 0 Å². The van der Waals surface area contributed by atoms with E-state index < -0.39 is 0 Å². The Bertz CT molecular complexity index is 3290. The molecule has 0 fully saturated rings. The molecule has 0 aliphatic heterocycles. The zero-order valence-corrected chi connectivity index (χ0v) is 33.7. The Hall–Kier alpha value is -7.52. The van der Waals surface area contributed by atoms with Crippen LogP contribution in [0.4, 0.5) is 17.1 Å². The van der Waals surface area contributed by atoms with E-state index in [0.29, 0.717) is 0 Å². The fraction of sp³-hybridized carbons (Fsp3) is 0. The molecule has 282 valence electrons. The number of fused-ring (bicyclic) bond motifs is 4. The highest BCUT2D eigenvalue weighted by atomic mass is 32.1. The highest BCUT2D eigenvalue weighted by Gasteiger charge is 2.19. The number of hydrogen-bond donors (Lipinski definition) is 0. The smallest absolute Gasteiger partial charge is 0.0540 e. The van der Waals surface area contributed by atoms with Gasteiger partial charge in [0.15, 0.2) is 0 Å². The first kappa shape index (κ1) is 35.6. The zero-order chi connectivity index (χ0) is 39.8. The van der Waals surface area contributed by atoms with Gasteiger partial charge in [-0.25, -0.2) is 0 Å². The second kappa shape index (κ2) is 15.3. The fourth-order valence-corrected chi connectivity index (χ4v) is 10.0. The highest BCUT2D eigenvalue weighted by molar-refractivity contribution is 7.26. The molecule has 0 amide bonds. The van der Waals surface area contributed by atoms with Crippen LogP contribution < -0.4 is 4.90 Å². The lowest BCUT2D eigenvalue weighted by atomic mass is 9.89. The van der Waals surface area contributed by atoms with E-state index in [9.17, 15) is 0 Å². The molecule has 1 aromatic heterocycles. The largest absolute Gasteiger partial charge is 0.310 e. The van der Waals surface area contributed by atoms with E-state index in [1.165, 1.54) is 86.6 Å². The Morgan fingerprint density at radius 2 is 0.800 bits per heavy atom. The van der Waals surface area contributed by atoms with Crippen LogP contribution in [0.3, 0.4) is 0 Å². The zero-order valence-electron chi connectivity index (χ0n) is 32.9. The van der Waals surface area contributed by atoms with Gasteiger partial charge < -0.3 is 4.90 Å². The monoisotopic (exact) mass is 781 g/mol. The molecule has 0 N–H and O–H groups in total. The average Bonchev–Trinajstić information content (AvgIpc) is 3.72. The number of hydrogen-bond acceptors (Lipinski definition) is 2. The summed E-state index contributed by atoms with van der Waals surface area (Å²) in [5.74, 6) is 0. The molecule has 0 spiro atoms. The van der Waals surface area contributed by atoms with Crippen molar-refractivity contribution in [2.45, 2.75) is 0 Å². The van der Waals surface area contributed by atoms with Crippen LogP contribution in [0, 0.1) is 0 Å². The first-order valence-corrected chi connectivity index (χ1v) is 21.3. The molecule has 0 bridgehead atoms. The first-order chi connectivity index (χ1) is 29.8. The molecule has 11 aromatic rings. The van der Waals surface area contributed by atoms with Gasteiger partial charge in [0.1, 0.15) is 0 Å². The minimum Gasteiger partial charge on any atom is -0.310 e. The summed E-state index contributed by atoms with van der Waals surface area (Å²) >= 11 is 1.88. The van der Waals surface area contributed by atoms with Gasteiger partial charge in [-0.15, -0.1) is 11.3 Å². The Balaban J connectivity index is 1.02. The maximum atomic E-state index is 2.40. The van der Waals surface area contributed by atoms with Gasteiger partial charge in [0.25, 0.3) is 0 Å². The SMILES string of the molecule is c1ccc(-c2ccc(-c3ccc(N(c4ccc(-c5cccc6c5sc5ccccc56)cc4)c4ccccc4-c4ccccc4)cc3)cc2-c2cccc3ccccc23)cc1. The van der Waals surface area contributed by atoms with Gasteiger partial charge in [-0.3, -0.25) is 0 Å². The molecule has 0 saturated heterocycles. The summed E-state index contributed by atoms with van der Waals surface area (Å²) in [6.07, 6.45) is 0. The van der Waals surface area contributed by atoms with E-state index in [1.54, 1.807) is 0 Å². The lowest BCUT2D eigenvalue weighted by Gasteiger charge is -2.28. The minimum atomic E-state index is 1.09. The van der Waals surface area contributed by atoms with Crippen molar-refractivity contribution in [3.8, 4) is 55.6 Å². The Morgan fingerprint density at radius 1 is 0.283 bits per heavy atom. The van der Waals surface area contributed by atoms with E-state index in [-0.39, 0.29) is 0 Å². The van der Waals surface area contributed by atoms with Crippen LogP contribution in [-0.4, -0.2) is 0 Å². The molecule has 0 radical (unpaired) electrons. The normalized spacial score (nSPS) is 11.3. The molecule has 0 unspecified atom stereocenters. The van der Waals surface area contributed by atoms with Gasteiger partial charge in [-0.2, -0.15) is 0 Å². The predicted octanol–water partition coefficient (Wildman–Crippen LogP) is 17.0. The summed E-state index contributed by atoms with van der Waals surface area (Å²) in [6.45, 7) is 0. The summed E-state index contributed by atoms with van der Waals surface area (Å²) in [5.41, 5.74) is 15.4. The number of nitrogens with zero attached hydrogens (tertiary/aromatic N) is 1. The Morgan fingerprint density at radius 3 is 1.57 bits per heavy atom. The summed E-state index contributed by atoms with van der Waals surface area (Å²) in [7, 11) is 0. The van der Waals surface area contributed by atoms with Crippen molar-refractivity contribution in [3.05, 3.63) is 237 Å². The van der Waals surface area contributed by atoms with Crippen LogP contribution in [0.2, 0.25) is 0 Å². The maximum absolute atomic E-state index is 2.40. The molecular weight excluding hydrogens is 743 g/mol. The number of para-hydroxylation sites is 1. The number of thiophene rings is 1. The molecular formula is C58H39NS. The van der Waals surface area contributed by atoms with E-state index in [0.717, 1.165) is 17.1 Å². The minimum absolute atomic E-state index is 1.09. The van der Waals surface area contributed by atoms with Crippen LogP contribution >= 0.6 is 11.3 Å². The van der Waals surface area contributed by atoms with Crippen molar-refractivity contribution in [1.29, 1.82) is 0 Å². The van der Waals surface area contributed by atoms with E-state index in [4.69, 9.17) is 0 Å². The van der Waals surface area contributed by atoms with E-state index in [1.807, 2.05) is 11.3 Å². The van der Waals surface area contributed by atoms with Crippen LogP contribution in [0.1, 0.15) is 0 Å². The van der Waals surface area contributed by atoms with Crippen molar-refractivity contribution in [2.75, 3.05) is 4.90 Å². The summed E-state index contributed by atoms with van der Waals surface area (Å²) in [4.78, 5) is 2.40. The fourth-order valence-electron chi connectivity index (χ4n) is 8.80. The van der Waals surface area contributed by atoms with E-state index in [2.05, 4.69) is 241 Å². The summed E-state index contributed by atoms with van der Waals surface area (Å²) in [5, 5.41) is 5.13. The Kier molecular flexibility index (Phi) is 9.11. The van der Waals surface area contributed by atoms with E-state index >= 15 is 0 Å². The van der Waals surface area contributed by atoms with Gasteiger partial charge in [0, 0.05) is 37.1 Å². The van der Waals surface area contributed by atoms with Gasteiger partial charge in [-0.05, 0) is 103 Å². The number of rotatable bonds is 8. The molecule has 60 heavy (non-hydrogen) atoms.